The number of nitro benzene ring substituents is 1. The second-order valence-corrected chi connectivity index (χ2v) is 4.68. The van der Waals surface area contributed by atoms with Crippen LogP contribution in [0, 0.1) is 17.0 Å². The van der Waals surface area contributed by atoms with E-state index in [1.807, 2.05) is 31.2 Å². The first-order valence-corrected chi connectivity index (χ1v) is 6.38. The molecule has 21 heavy (non-hydrogen) atoms. The van der Waals surface area contributed by atoms with Gasteiger partial charge in [-0.15, -0.1) is 0 Å². The third-order valence-corrected chi connectivity index (χ3v) is 3.15. The molecule has 0 spiro atoms. The molecule has 0 radical (unpaired) electrons. The van der Waals surface area contributed by atoms with Crippen molar-refractivity contribution in [2.45, 2.75) is 6.92 Å². The van der Waals surface area contributed by atoms with Gasteiger partial charge in [0, 0.05) is 23.3 Å². The molecular formula is C15H12N4O2. The smallest absolute Gasteiger partial charge is 0.259 e. The summed E-state index contributed by atoms with van der Waals surface area (Å²) in [6.45, 7) is 2.02. The quantitative estimate of drug-likeness (QED) is 0.589. The lowest BCUT2D eigenvalue weighted by Crippen LogP contribution is -1.87. The van der Waals surface area contributed by atoms with Gasteiger partial charge < -0.3 is 0 Å². The molecular weight excluding hydrogens is 268 g/mol. The lowest BCUT2D eigenvalue weighted by molar-refractivity contribution is -0.384. The molecule has 6 nitrogen and oxygen atoms in total. The fraction of sp³-hybridized carbons (Fsp3) is 0.0667. The van der Waals surface area contributed by atoms with Gasteiger partial charge in [0.15, 0.2) is 11.6 Å². The van der Waals surface area contributed by atoms with Crippen LogP contribution in [0.1, 0.15) is 5.56 Å². The van der Waals surface area contributed by atoms with Gasteiger partial charge in [0.25, 0.3) is 5.69 Å². The van der Waals surface area contributed by atoms with Crippen molar-refractivity contribution in [1.29, 1.82) is 0 Å². The minimum absolute atomic E-state index is 0.0528. The number of aryl methyl sites for hydroxylation is 1. The molecule has 0 aliphatic rings. The number of nitrogens with zero attached hydrogens (tertiary/aromatic N) is 3. The molecule has 1 aromatic heterocycles. The number of rotatable bonds is 3. The molecule has 0 aliphatic carbocycles. The van der Waals surface area contributed by atoms with E-state index in [9.17, 15) is 10.1 Å². The second kappa shape index (κ2) is 5.16. The summed E-state index contributed by atoms with van der Waals surface area (Å²) in [7, 11) is 0. The van der Waals surface area contributed by atoms with E-state index in [0.717, 1.165) is 11.1 Å². The van der Waals surface area contributed by atoms with E-state index < -0.39 is 4.92 Å². The molecule has 2 aromatic carbocycles. The minimum atomic E-state index is -0.429. The summed E-state index contributed by atoms with van der Waals surface area (Å²) < 4.78 is 0. The van der Waals surface area contributed by atoms with Crippen LogP contribution in [0.5, 0.6) is 0 Å². The van der Waals surface area contributed by atoms with E-state index in [4.69, 9.17) is 0 Å². The predicted octanol–water partition coefficient (Wildman–Crippen LogP) is 3.36. The van der Waals surface area contributed by atoms with Gasteiger partial charge in [0.05, 0.1) is 4.92 Å². The highest BCUT2D eigenvalue weighted by Gasteiger charge is 2.09. The number of benzene rings is 2. The number of aromatic amines is 1. The fourth-order valence-corrected chi connectivity index (χ4v) is 1.96. The Labute approximate surface area is 120 Å². The molecule has 0 saturated carbocycles. The first-order chi connectivity index (χ1) is 10.1. The maximum Gasteiger partial charge on any atom is 0.269 e. The highest BCUT2D eigenvalue weighted by molar-refractivity contribution is 5.62. The number of nitro groups is 1. The van der Waals surface area contributed by atoms with Gasteiger partial charge in [-0.25, -0.2) is 4.98 Å². The fourth-order valence-electron chi connectivity index (χ4n) is 1.96. The highest BCUT2D eigenvalue weighted by Crippen LogP contribution is 2.22. The van der Waals surface area contributed by atoms with Gasteiger partial charge in [-0.1, -0.05) is 29.8 Å². The first kappa shape index (κ1) is 13.0. The monoisotopic (exact) mass is 280 g/mol. The molecule has 3 rings (SSSR count). The Balaban J connectivity index is 1.90. The number of non-ortho nitro benzene ring substituents is 1. The molecule has 104 valence electrons. The van der Waals surface area contributed by atoms with E-state index in [0.29, 0.717) is 11.6 Å². The van der Waals surface area contributed by atoms with Gasteiger partial charge in [-0.05, 0) is 19.1 Å². The maximum atomic E-state index is 10.6. The van der Waals surface area contributed by atoms with Gasteiger partial charge in [-0.2, -0.15) is 5.10 Å². The van der Waals surface area contributed by atoms with Crippen molar-refractivity contribution in [2.75, 3.05) is 0 Å². The second-order valence-electron chi connectivity index (χ2n) is 4.68. The third kappa shape index (κ3) is 2.64. The molecule has 0 saturated heterocycles. The summed E-state index contributed by atoms with van der Waals surface area (Å²) in [6.07, 6.45) is 0. The van der Waals surface area contributed by atoms with Gasteiger partial charge in [0.1, 0.15) is 0 Å². The zero-order valence-corrected chi connectivity index (χ0v) is 11.3. The lowest BCUT2D eigenvalue weighted by Gasteiger charge is -1.96. The Morgan fingerprint density at radius 2 is 1.62 bits per heavy atom. The molecule has 0 atom stereocenters. The maximum absolute atomic E-state index is 10.6. The van der Waals surface area contributed by atoms with Crippen LogP contribution in [0.15, 0.2) is 48.5 Å². The van der Waals surface area contributed by atoms with Crippen molar-refractivity contribution in [3.05, 3.63) is 64.2 Å². The first-order valence-electron chi connectivity index (χ1n) is 6.38. The number of nitrogens with one attached hydrogen (secondary N) is 1. The summed E-state index contributed by atoms with van der Waals surface area (Å²) in [4.78, 5) is 14.6. The zero-order valence-electron chi connectivity index (χ0n) is 11.3. The van der Waals surface area contributed by atoms with Crippen molar-refractivity contribution in [1.82, 2.24) is 15.2 Å². The van der Waals surface area contributed by atoms with Crippen molar-refractivity contribution < 1.29 is 4.92 Å². The largest absolute Gasteiger partial charge is 0.269 e. The Kier molecular flexibility index (Phi) is 3.19. The topological polar surface area (TPSA) is 84.7 Å². The standard InChI is InChI=1S/C15H12N4O2/c1-10-2-4-11(5-3-10)14-16-15(18-17-14)12-6-8-13(9-7-12)19(20)21/h2-9H,1H3,(H,16,17,18). The van der Waals surface area contributed by atoms with Crippen molar-refractivity contribution in [3.8, 4) is 22.8 Å². The molecule has 0 amide bonds. The molecule has 1 heterocycles. The van der Waals surface area contributed by atoms with Gasteiger partial charge in [0.2, 0.25) is 0 Å². The average molecular weight is 280 g/mol. The third-order valence-electron chi connectivity index (χ3n) is 3.15. The normalized spacial score (nSPS) is 10.5. The molecule has 0 aliphatic heterocycles. The molecule has 6 heteroatoms. The molecule has 0 fully saturated rings. The number of hydrogen-bond acceptors (Lipinski definition) is 4. The van der Waals surface area contributed by atoms with Crippen LogP contribution in [0.3, 0.4) is 0 Å². The molecule has 1 N–H and O–H groups in total. The van der Waals surface area contributed by atoms with Crippen LogP contribution in [-0.4, -0.2) is 20.1 Å². The summed E-state index contributed by atoms with van der Waals surface area (Å²) in [5.41, 5.74) is 2.90. The molecule has 0 unspecified atom stereocenters. The van der Waals surface area contributed by atoms with Crippen LogP contribution in [0.25, 0.3) is 22.8 Å². The van der Waals surface area contributed by atoms with E-state index >= 15 is 0 Å². The van der Waals surface area contributed by atoms with Crippen LogP contribution in [0.4, 0.5) is 5.69 Å². The summed E-state index contributed by atoms with van der Waals surface area (Å²) >= 11 is 0. The minimum Gasteiger partial charge on any atom is -0.259 e. The SMILES string of the molecule is Cc1ccc(-c2n[nH]c(-c3ccc([N+](=O)[O-])cc3)n2)cc1. The van der Waals surface area contributed by atoms with Gasteiger partial charge in [-0.3, -0.25) is 15.2 Å². The Morgan fingerprint density at radius 3 is 2.24 bits per heavy atom. The van der Waals surface area contributed by atoms with E-state index in [-0.39, 0.29) is 5.69 Å². The van der Waals surface area contributed by atoms with Crippen LogP contribution in [-0.2, 0) is 0 Å². The summed E-state index contributed by atoms with van der Waals surface area (Å²) in [5, 5.41) is 17.7. The van der Waals surface area contributed by atoms with Crippen LogP contribution < -0.4 is 0 Å². The number of hydrogen-bond donors (Lipinski definition) is 1. The Bertz CT molecular complexity index is 776. The summed E-state index contributed by atoms with van der Waals surface area (Å²) in [5.74, 6) is 1.18. The number of aromatic nitrogens is 3. The molecule has 0 bridgehead atoms. The van der Waals surface area contributed by atoms with Crippen LogP contribution in [0.2, 0.25) is 0 Å². The predicted molar refractivity (Wildman–Crippen MR) is 78.6 cm³/mol. The summed E-state index contributed by atoms with van der Waals surface area (Å²) in [6, 6.07) is 14.1. The lowest BCUT2D eigenvalue weighted by atomic mass is 10.1. The van der Waals surface area contributed by atoms with Crippen molar-refractivity contribution in [2.24, 2.45) is 0 Å². The number of H-pyrrole nitrogens is 1. The van der Waals surface area contributed by atoms with E-state index in [2.05, 4.69) is 15.2 Å². The average Bonchev–Trinajstić information content (AvgIpc) is 2.98. The zero-order chi connectivity index (χ0) is 14.8. The Hall–Kier alpha value is -3.02. The van der Waals surface area contributed by atoms with E-state index in [1.54, 1.807) is 12.1 Å². The molecule has 3 aromatic rings. The highest BCUT2D eigenvalue weighted by atomic mass is 16.6. The van der Waals surface area contributed by atoms with Crippen molar-refractivity contribution >= 4 is 5.69 Å². The Morgan fingerprint density at radius 1 is 1.00 bits per heavy atom. The van der Waals surface area contributed by atoms with Gasteiger partial charge >= 0.3 is 0 Å². The van der Waals surface area contributed by atoms with E-state index in [1.165, 1.54) is 17.7 Å². The van der Waals surface area contributed by atoms with Crippen LogP contribution >= 0.6 is 0 Å². The van der Waals surface area contributed by atoms with Crippen molar-refractivity contribution in [3.63, 3.8) is 0 Å².